The van der Waals surface area contributed by atoms with Crippen LogP contribution in [0.4, 0.5) is 0 Å². The van der Waals surface area contributed by atoms with Crippen molar-refractivity contribution >= 4 is 0 Å². The van der Waals surface area contributed by atoms with Gasteiger partial charge in [0.2, 0.25) is 0 Å². The molecule has 0 aromatic heterocycles. The minimum atomic E-state index is -1.89. The summed E-state index contributed by atoms with van der Waals surface area (Å²) >= 11 is 0. The summed E-state index contributed by atoms with van der Waals surface area (Å²) in [5, 5.41) is 12.0. The van der Waals surface area contributed by atoms with E-state index in [2.05, 4.69) is 0 Å². The lowest BCUT2D eigenvalue weighted by Gasteiger charge is -2.24. The highest BCUT2D eigenvalue weighted by atomic mass is 16.8. The summed E-state index contributed by atoms with van der Waals surface area (Å²) < 4.78 is 9.66. The van der Waals surface area contributed by atoms with E-state index >= 15 is 0 Å². The van der Waals surface area contributed by atoms with Gasteiger partial charge in [0.25, 0.3) is 0 Å². The van der Waals surface area contributed by atoms with Crippen molar-refractivity contribution in [1.29, 1.82) is 0 Å². The van der Waals surface area contributed by atoms with Crippen LogP contribution in [-0.4, -0.2) is 14.2 Å². The first kappa shape index (κ1) is 11.2. The van der Waals surface area contributed by atoms with E-state index in [4.69, 9.17) is 9.47 Å². The highest BCUT2D eigenvalue weighted by Crippen LogP contribution is 2.27. The Morgan fingerprint density at radius 2 is 1.71 bits per heavy atom. The van der Waals surface area contributed by atoms with Crippen molar-refractivity contribution in [2.24, 2.45) is 0 Å². The van der Waals surface area contributed by atoms with E-state index in [0.29, 0.717) is 5.56 Å². The number of benzene rings is 1. The van der Waals surface area contributed by atoms with Gasteiger partial charge in [0, 0.05) is 19.8 Å². The fourth-order valence-electron chi connectivity index (χ4n) is 1.39. The average Bonchev–Trinajstić information content (AvgIpc) is 2.21. The molecule has 0 heterocycles. The number of hydrogen-bond donors (Lipinski definition) is 0. The van der Waals surface area contributed by atoms with Crippen molar-refractivity contribution in [2.75, 3.05) is 14.2 Å². The molecular formula is C11H15O3. The Bertz CT molecular complexity index is 316. The molecule has 0 saturated carbocycles. The maximum atomic E-state index is 12.0. The van der Waals surface area contributed by atoms with Crippen molar-refractivity contribution < 1.29 is 14.6 Å². The zero-order valence-electron chi connectivity index (χ0n) is 8.96. The predicted octanol–water partition coefficient (Wildman–Crippen LogP) is 2.14. The standard InChI is InChI=1S/C11H15O3/c1-8-6-5-7-10(9(8)2)11(12,13-3)14-4/h5-7H,1-4H3. The molecule has 1 aromatic carbocycles. The van der Waals surface area contributed by atoms with Crippen LogP contribution >= 0.6 is 0 Å². The lowest BCUT2D eigenvalue weighted by atomic mass is 10.0. The SMILES string of the molecule is COC([O])(OC)c1cccc(C)c1C. The molecule has 0 N–H and O–H groups in total. The molecule has 0 spiro atoms. The molecule has 0 aliphatic rings. The largest absolute Gasteiger partial charge is 0.340 e. The zero-order chi connectivity index (χ0) is 10.8. The van der Waals surface area contributed by atoms with Crippen molar-refractivity contribution in [3.8, 4) is 0 Å². The second kappa shape index (κ2) is 4.09. The van der Waals surface area contributed by atoms with Gasteiger partial charge in [0.1, 0.15) is 0 Å². The second-order valence-electron chi connectivity index (χ2n) is 3.21. The maximum absolute atomic E-state index is 12.0. The molecule has 0 aliphatic carbocycles. The third kappa shape index (κ3) is 1.80. The summed E-state index contributed by atoms with van der Waals surface area (Å²) in [6.07, 6.45) is 0. The van der Waals surface area contributed by atoms with E-state index in [0.717, 1.165) is 11.1 Å². The smallest absolute Gasteiger partial charge is 0.325 e. The fourth-order valence-corrected chi connectivity index (χ4v) is 1.39. The Hall–Kier alpha value is -0.900. The number of rotatable bonds is 3. The summed E-state index contributed by atoms with van der Waals surface area (Å²) in [5.41, 5.74) is 2.49. The number of methoxy groups -OCH3 is 2. The second-order valence-corrected chi connectivity index (χ2v) is 3.21. The molecule has 0 bridgehead atoms. The lowest BCUT2D eigenvalue weighted by molar-refractivity contribution is -0.382. The van der Waals surface area contributed by atoms with Crippen molar-refractivity contribution in [2.45, 2.75) is 19.8 Å². The van der Waals surface area contributed by atoms with Gasteiger partial charge in [0.05, 0.1) is 0 Å². The zero-order valence-corrected chi connectivity index (χ0v) is 8.96. The maximum Gasteiger partial charge on any atom is 0.340 e. The molecule has 0 fully saturated rings. The first-order valence-electron chi connectivity index (χ1n) is 4.42. The van der Waals surface area contributed by atoms with E-state index < -0.39 is 5.97 Å². The molecule has 0 aliphatic heterocycles. The van der Waals surface area contributed by atoms with Gasteiger partial charge < -0.3 is 9.47 Å². The molecule has 0 amide bonds. The van der Waals surface area contributed by atoms with Crippen LogP contribution in [-0.2, 0) is 20.6 Å². The molecule has 3 heteroatoms. The number of aryl methyl sites for hydroxylation is 1. The minimum Gasteiger partial charge on any atom is -0.325 e. The van der Waals surface area contributed by atoms with Gasteiger partial charge in [-0.15, -0.1) is 0 Å². The number of hydrogen-bond acceptors (Lipinski definition) is 2. The normalized spacial score (nSPS) is 11.8. The van der Waals surface area contributed by atoms with Crippen LogP contribution in [0.1, 0.15) is 16.7 Å². The van der Waals surface area contributed by atoms with Crippen LogP contribution < -0.4 is 0 Å². The van der Waals surface area contributed by atoms with Gasteiger partial charge in [-0.1, -0.05) is 18.2 Å². The summed E-state index contributed by atoms with van der Waals surface area (Å²) in [5.74, 6) is -1.89. The molecule has 1 radical (unpaired) electrons. The molecule has 0 unspecified atom stereocenters. The number of ether oxygens (including phenoxy) is 2. The molecule has 14 heavy (non-hydrogen) atoms. The molecule has 0 saturated heterocycles. The van der Waals surface area contributed by atoms with E-state index in [-0.39, 0.29) is 0 Å². The predicted molar refractivity (Wildman–Crippen MR) is 52.3 cm³/mol. The molecular weight excluding hydrogens is 180 g/mol. The Labute approximate surface area is 84.3 Å². The van der Waals surface area contributed by atoms with Crippen LogP contribution in [0.25, 0.3) is 0 Å². The molecule has 1 rings (SSSR count). The van der Waals surface area contributed by atoms with Gasteiger partial charge in [-0.2, -0.15) is 5.11 Å². The molecule has 1 aromatic rings. The summed E-state index contributed by atoms with van der Waals surface area (Å²) in [6.45, 7) is 3.83. The third-order valence-electron chi connectivity index (χ3n) is 2.47. The van der Waals surface area contributed by atoms with Gasteiger partial charge >= 0.3 is 5.97 Å². The van der Waals surface area contributed by atoms with Crippen molar-refractivity contribution in [3.05, 3.63) is 34.9 Å². The van der Waals surface area contributed by atoms with E-state index in [1.165, 1.54) is 14.2 Å². The topological polar surface area (TPSA) is 38.4 Å². The first-order chi connectivity index (χ1) is 6.55. The molecule has 0 atom stereocenters. The minimum absolute atomic E-state index is 0.530. The van der Waals surface area contributed by atoms with Gasteiger partial charge in [-0.25, -0.2) is 0 Å². The van der Waals surface area contributed by atoms with Crippen molar-refractivity contribution in [1.82, 2.24) is 0 Å². The van der Waals surface area contributed by atoms with E-state index in [1.54, 1.807) is 6.07 Å². The average molecular weight is 195 g/mol. The lowest BCUT2D eigenvalue weighted by Crippen LogP contribution is -2.29. The molecule has 77 valence electrons. The first-order valence-corrected chi connectivity index (χ1v) is 4.42. The van der Waals surface area contributed by atoms with Crippen LogP contribution in [0.2, 0.25) is 0 Å². The van der Waals surface area contributed by atoms with Crippen LogP contribution in [0.5, 0.6) is 0 Å². The van der Waals surface area contributed by atoms with Crippen LogP contribution in [0.15, 0.2) is 18.2 Å². The van der Waals surface area contributed by atoms with Crippen molar-refractivity contribution in [3.63, 3.8) is 0 Å². The van der Waals surface area contributed by atoms with Gasteiger partial charge in [-0.3, -0.25) is 0 Å². The Morgan fingerprint density at radius 3 is 2.21 bits per heavy atom. The van der Waals surface area contributed by atoms with Crippen LogP contribution in [0, 0.1) is 13.8 Å². The molecule has 3 nitrogen and oxygen atoms in total. The quantitative estimate of drug-likeness (QED) is 0.693. The summed E-state index contributed by atoms with van der Waals surface area (Å²) in [6, 6.07) is 5.50. The van der Waals surface area contributed by atoms with Gasteiger partial charge in [0.15, 0.2) is 0 Å². The Balaban J connectivity index is 3.24. The highest BCUT2D eigenvalue weighted by Gasteiger charge is 2.33. The summed E-state index contributed by atoms with van der Waals surface area (Å²) in [7, 11) is 2.69. The van der Waals surface area contributed by atoms with E-state index in [1.807, 2.05) is 26.0 Å². The monoisotopic (exact) mass is 195 g/mol. The Morgan fingerprint density at radius 1 is 1.14 bits per heavy atom. The van der Waals surface area contributed by atoms with E-state index in [9.17, 15) is 5.11 Å². The highest BCUT2D eigenvalue weighted by molar-refractivity contribution is 5.34. The Kier molecular flexibility index (Phi) is 3.26. The van der Waals surface area contributed by atoms with Crippen LogP contribution in [0.3, 0.4) is 0 Å². The van der Waals surface area contributed by atoms with Gasteiger partial charge in [-0.05, 0) is 25.0 Å². The summed E-state index contributed by atoms with van der Waals surface area (Å²) in [4.78, 5) is 0. The third-order valence-corrected chi connectivity index (χ3v) is 2.47. The fraction of sp³-hybridized carbons (Fsp3) is 0.455.